The number of fused-ring (bicyclic) bond motifs is 1. The van der Waals surface area contributed by atoms with Gasteiger partial charge in [0, 0.05) is 11.1 Å². The molecule has 1 aliphatic rings. The van der Waals surface area contributed by atoms with Gasteiger partial charge in [0.05, 0.1) is 21.8 Å². The van der Waals surface area contributed by atoms with Gasteiger partial charge in [0.1, 0.15) is 12.4 Å². The molecule has 0 saturated heterocycles. The maximum atomic E-state index is 12.3. The van der Waals surface area contributed by atoms with E-state index < -0.39 is 0 Å². The standard InChI is InChI=1S/C15H12Cl2N2O2/c16-10-5-8(6-11(18)14(10)17)15(20)19-12-7-21-13-4-2-1-3-9(12)13/h1-6,12H,7,18H2,(H,19,20). The Hall–Kier alpha value is -1.91. The molecule has 0 bridgehead atoms. The number of hydrogen-bond acceptors (Lipinski definition) is 3. The minimum absolute atomic E-state index is 0.190. The monoisotopic (exact) mass is 322 g/mol. The van der Waals surface area contributed by atoms with Crippen LogP contribution in [0.4, 0.5) is 5.69 Å². The van der Waals surface area contributed by atoms with Crippen molar-refractivity contribution < 1.29 is 9.53 Å². The molecule has 2 aromatic rings. The molecule has 0 fully saturated rings. The molecular weight excluding hydrogens is 311 g/mol. The predicted octanol–water partition coefficient (Wildman–Crippen LogP) is 3.44. The Bertz CT molecular complexity index is 696. The SMILES string of the molecule is Nc1cc(C(=O)NC2COc3ccccc32)cc(Cl)c1Cl. The van der Waals surface area contributed by atoms with Crippen molar-refractivity contribution in [2.45, 2.75) is 6.04 Å². The molecule has 1 aliphatic heterocycles. The molecule has 0 aliphatic carbocycles. The second-order valence-electron chi connectivity index (χ2n) is 4.74. The fraction of sp³-hybridized carbons (Fsp3) is 0.133. The molecular formula is C15H12Cl2N2O2. The molecule has 4 nitrogen and oxygen atoms in total. The highest BCUT2D eigenvalue weighted by molar-refractivity contribution is 6.43. The van der Waals surface area contributed by atoms with Crippen LogP contribution in [0.15, 0.2) is 36.4 Å². The Balaban J connectivity index is 1.82. The van der Waals surface area contributed by atoms with Gasteiger partial charge in [-0.25, -0.2) is 0 Å². The molecule has 0 saturated carbocycles. The summed E-state index contributed by atoms with van der Waals surface area (Å²) >= 11 is 11.8. The lowest BCUT2D eigenvalue weighted by molar-refractivity contribution is 0.0930. The zero-order valence-electron chi connectivity index (χ0n) is 10.9. The van der Waals surface area contributed by atoms with Gasteiger partial charge in [-0.3, -0.25) is 4.79 Å². The van der Waals surface area contributed by atoms with Gasteiger partial charge in [-0.05, 0) is 18.2 Å². The van der Waals surface area contributed by atoms with Crippen molar-refractivity contribution in [2.75, 3.05) is 12.3 Å². The van der Waals surface area contributed by atoms with Crippen molar-refractivity contribution in [1.82, 2.24) is 5.32 Å². The summed E-state index contributed by atoms with van der Waals surface area (Å²) in [4.78, 5) is 12.3. The summed E-state index contributed by atoms with van der Waals surface area (Å²) in [5.41, 5.74) is 7.32. The number of rotatable bonds is 2. The van der Waals surface area contributed by atoms with Crippen LogP contribution in [0, 0.1) is 0 Å². The summed E-state index contributed by atoms with van der Waals surface area (Å²) in [6, 6.07) is 10.4. The van der Waals surface area contributed by atoms with Crippen LogP contribution < -0.4 is 15.8 Å². The lowest BCUT2D eigenvalue weighted by atomic mass is 10.1. The Morgan fingerprint density at radius 1 is 1.29 bits per heavy atom. The van der Waals surface area contributed by atoms with Crippen LogP contribution in [0.2, 0.25) is 10.0 Å². The predicted molar refractivity (Wildman–Crippen MR) is 83.0 cm³/mol. The third kappa shape index (κ3) is 2.64. The number of benzene rings is 2. The van der Waals surface area contributed by atoms with E-state index in [1.165, 1.54) is 12.1 Å². The molecule has 0 spiro atoms. The van der Waals surface area contributed by atoms with E-state index in [4.69, 9.17) is 33.7 Å². The zero-order valence-corrected chi connectivity index (χ0v) is 12.4. The highest BCUT2D eigenvalue weighted by atomic mass is 35.5. The molecule has 0 radical (unpaired) electrons. The van der Waals surface area contributed by atoms with Gasteiger partial charge in [0.15, 0.2) is 0 Å². The van der Waals surface area contributed by atoms with Gasteiger partial charge in [0.25, 0.3) is 5.91 Å². The lowest BCUT2D eigenvalue weighted by Gasteiger charge is -2.13. The molecule has 3 N–H and O–H groups in total. The fourth-order valence-electron chi connectivity index (χ4n) is 2.27. The van der Waals surface area contributed by atoms with E-state index in [1.807, 2.05) is 24.3 Å². The topological polar surface area (TPSA) is 64.4 Å². The van der Waals surface area contributed by atoms with Crippen LogP contribution in [0.25, 0.3) is 0 Å². The quantitative estimate of drug-likeness (QED) is 0.832. The van der Waals surface area contributed by atoms with E-state index in [1.54, 1.807) is 0 Å². The number of anilines is 1. The maximum Gasteiger partial charge on any atom is 0.252 e. The highest BCUT2D eigenvalue weighted by Gasteiger charge is 2.25. The van der Waals surface area contributed by atoms with Crippen LogP contribution in [0.3, 0.4) is 0 Å². The molecule has 0 aromatic heterocycles. The molecule has 108 valence electrons. The van der Waals surface area contributed by atoms with E-state index in [0.717, 1.165) is 11.3 Å². The first kappa shape index (κ1) is 14.0. The van der Waals surface area contributed by atoms with Gasteiger partial charge < -0.3 is 15.8 Å². The molecule has 1 unspecified atom stereocenters. The Kier molecular flexibility index (Phi) is 3.66. The van der Waals surface area contributed by atoms with Crippen LogP contribution in [-0.2, 0) is 0 Å². The number of hydrogen-bond donors (Lipinski definition) is 2. The van der Waals surface area contributed by atoms with Crippen molar-refractivity contribution in [3.8, 4) is 5.75 Å². The van der Waals surface area contributed by atoms with Crippen molar-refractivity contribution >= 4 is 34.8 Å². The second-order valence-corrected chi connectivity index (χ2v) is 5.52. The first-order valence-electron chi connectivity index (χ1n) is 6.33. The summed E-state index contributed by atoms with van der Waals surface area (Å²) in [5.74, 6) is 0.516. The largest absolute Gasteiger partial charge is 0.491 e. The molecule has 21 heavy (non-hydrogen) atoms. The van der Waals surface area contributed by atoms with Gasteiger partial charge in [-0.2, -0.15) is 0 Å². The number of carbonyl (C=O) groups excluding carboxylic acids is 1. The number of ether oxygens (including phenoxy) is 1. The Morgan fingerprint density at radius 2 is 2.05 bits per heavy atom. The number of carbonyl (C=O) groups is 1. The van der Waals surface area contributed by atoms with Gasteiger partial charge in [0.2, 0.25) is 0 Å². The molecule has 6 heteroatoms. The van der Waals surface area contributed by atoms with Crippen LogP contribution in [0.1, 0.15) is 22.0 Å². The number of para-hydroxylation sites is 1. The van der Waals surface area contributed by atoms with Crippen LogP contribution in [0.5, 0.6) is 5.75 Å². The molecule has 1 amide bonds. The van der Waals surface area contributed by atoms with E-state index in [2.05, 4.69) is 5.32 Å². The lowest BCUT2D eigenvalue weighted by Crippen LogP contribution is -2.29. The summed E-state index contributed by atoms with van der Waals surface area (Å²) in [6.45, 7) is 0.405. The summed E-state index contributed by atoms with van der Waals surface area (Å²) < 4.78 is 5.53. The Labute approximate surface area is 131 Å². The average molecular weight is 323 g/mol. The first-order valence-corrected chi connectivity index (χ1v) is 7.09. The van der Waals surface area contributed by atoms with E-state index in [9.17, 15) is 4.79 Å². The molecule has 1 heterocycles. The second kappa shape index (κ2) is 5.47. The molecule has 1 atom stereocenters. The number of nitrogens with one attached hydrogen (secondary N) is 1. The van der Waals surface area contributed by atoms with Gasteiger partial charge in [-0.15, -0.1) is 0 Å². The van der Waals surface area contributed by atoms with Gasteiger partial charge in [-0.1, -0.05) is 41.4 Å². The van der Waals surface area contributed by atoms with Crippen molar-refractivity contribution in [2.24, 2.45) is 0 Å². The summed E-state index contributed by atoms with van der Waals surface area (Å²) in [6.07, 6.45) is 0. The smallest absolute Gasteiger partial charge is 0.252 e. The summed E-state index contributed by atoms with van der Waals surface area (Å²) in [5, 5.41) is 3.41. The first-order chi connectivity index (χ1) is 10.1. The van der Waals surface area contributed by atoms with E-state index in [-0.39, 0.29) is 27.7 Å². The van der Waals surface area contributed by atoms with Crippen LogP contribution >= 0.6 is 23.2 Å². The maximum absolute atomic E-state index is 12.3. The third-order valence-corrected chi connectivity index (χ3v) is 4.14. The Morgan fingerprint density at radius 3 is 2.81 bits per heavy atom. The number of nitrogens with two attached hydrogens (primary N) is 1. The van der Waals surface area contributed by atoms with E-state index >= 15 is 0 Å². The normalized spacial score (nSPS) is 16.2. The van der Waals surface area contributed by atoms with E-state index in [0.29, 0.717) is 12.2 Å². The fourth-order valence-corrected chi connectivity index (χ4v) is 2.60. The molecule has 2 aromatic carbocycles. The number of nitrogen functional groups attached to an aromatic ring is 1. The molecule has 3 rings (SSSR count). The zero-order chi connectivity index (χ0) is 15.0. The van der Waals surface area contributed by atoms with Crippen molar-refractivity contribution in [1.29, 1.82) is 0 Å². The minimum Gasteiger partial charge on any atom is -0.491 e. The van der Waals surface area contributed by atoms with Crippen molar-refractivity contribution in [3.63, 3.8) is 0 Å². The third-order valence-electron chi connectivity index (χ3n) is 3.32. The van der Waals surface area contributed by atoms with Crippen LogP contribution in [-0.4, -0.2) is 12.5 Å². The average Bonchev–Trinajstić information content (AvgIpc) is 2.87. The number of amides is 1. The number of halogens is 2. The minimum atomic E-state index is -0.273. The van der Waals surface area contributed by atoms with Gasteiger partial charge >= 0.3 is 0 Å². The van der Waals surface area contributed by atoms with Crippen molar-refractivity contribution in [3.05, 3.63) is 57.6 Å². The summed E-state index contributed by atoms with van der Waals surface area (Å²) in [7, 11) is 0. The highest BCUT2D eigenvalue weighted by Crippen LogP contribution is 2.33.